The van der Waals surface area contributed by atoms with Gasteiger partial charge >= 0.3 is 0 Å². The van der Waals surface area contributed by atoms with E-state index in [4.69, 9.17) is 0 Å². The predicted octanol–water partition coefficient (Wildman–Crippen LogP) is 1.62. The summed E-state index contributed by atoms with van der Waals surface area (Å²) < 4.78 is 0. The van der Waals surface area contributed by atoms with E-state index in [9.17, 15) is 0 Å². The minimum atomic E-state index is 0.388. The molecule has 2 bridgehead atoms. The molecular formula is C13H18N2. The Hall–Kier alpha value is -0.860. The summed E-state index contributed by atoms with van der Waals surface area (Å²) in [5, 5.41) is 3.61. The van der Waals surface area contributed by atoms with Crippen LogP contribution in [0.5, 0.6) is 0 Å². The fourth-order valence-corrected chi connectivity index (χ4v) is 2.99. The first-order valence-corrected chi connectivity index (χ1v) is 5.78. The molecule has 2 nitrogen and oxygen atoms in total. The fourth-order valence-electron chi connectivity index (χ4n) is 2.99. The normalized spacial score (nSPS) is 34.9. The van der Waals surface area contributed by atoms with Crippen molar-refractivity contribution in [2.45, 2.75) is 31.5 Å². The van der Waals surface area contributed by atoms with E-state index in [-0.39, 0.29) is 0 Å². The Labute approximate surface area is 91.3 Å². The lowest BCUT2D eigenvalue weighted by Gasteiger charge is -2.31. The molecule has 2 aliphatic rings. The molecule has 80 valence electrons. The van der Waals surface area contributed by atoms with Crippen LogP contribution in [-0.4, -0.2) is 29.6 Å². The first-order chi connectivity index (χ1) is 7.25. The lowest BCUT2D eigenvalue weighted by Crippen LogP contribution is -2.49. The number of benzene rings is 1. The molecule has 0 radical (unpaired) electrons. The van der Waals surface area contributed by atoms with Crippen LogP contribution in [0.1, 0.15) is 18.9 Å². The van der Waals surface area contributed by atoms with Gasteiger partial charge in [-0.05, 0) is 18.9 Å². The Morgan fingerprint density at radius 3 is 2.80 bits per heavy atom. The van der Waals surface area contributed by atoms with Crippen LogP contribution >= 0.6 is 0 Å². The summed E-state index contributed by atoms with van der Waals surface area (Å²) in [5.41, 5.74) is 1.83. The molecule has 2 fully saturated rings. The highest BCUT2D eigenvalue weighted by molar-refractivity contribution is 5.16. The highest BCUT2D eigenvalue weighted by Gasteiger charge is 2.45. The van der Waals surface area contributed by atoms with Crippen LogP contribution in [0.4, 0.5) is 0 Å². The third-order valence-corrected chi connectivity index (χ3v) is 3.75. The average molecular weight is 202 g/mol. The minimum Gasteiger partial charge on any atom is -0.309 e. The van der Waals surface area contributed by atoms with Gasteiger partial charge in [0.05, 0.1) is 0 Å². The summed E-state index contributed by atoms with van der Waals surface area (Å²) in [5.74, 6) is 0. The highest BCUT2D eigenvalue weighted by Crippen LogP contribution is 2.33. The van der Waals surface area contributed by atoms with Gasteiger partial charge in [-0.25, -0.2) is 0 Å². The second-order valence-electron chi connectivity index (χ2n) is 5.19. The van der Waals surface area contributed by atoms with Crippen molar-refractivity contribution in [1.29, 1.82) is 0 Å². The van der Waals surface area contributed by atoms with Crippen molar-refractivity contribution in [1.82, 2.24) is 10.2 Å². The lowest BCUT2D eigenvalue weighted by molar-refractivity contribution is 0.196. The Balaban J connectivity index is 1.71. The SMILES string of the molecule is C[C@]12C[C@H](CN1)N(Cc1ccccc1)C2. The summed E-state index contributed by atoms with van der Waals surface area (Å²) in [6.45, 7) is 5.83. The molecule has 15 heavy (non-hydrogen) atoms. The fraction of sp³-hybridized carbons (Fsp3) is 0.538. The first-order valence-electron chi connectivity index (χ1n) is 5.78. The van der Waals surface area contributed by atoms with Gasteiger partial charge in [0.25, 0.3) is 0 Å². The number of nitrogens with zero attached hydrogens (tertiary/aromatic N) is 1. The number of fused-ring (bicyclic) bond motifs is 2. The Morgan fingerprint density at radius 2 is 2.20 bits per heavy atom. The van der Waals surface area contributed by atoms with Crippen molar-refractivity contribution in [3.63, 3.8) is 0 Å². The molecule has 2 aliphatic heterocycles. The largest absolute Gasteiger partial charge is 0.309 e. The second-order valence-corrected chi connectivity index (χ2v) is 5.19. The smallest absolute Gasteiger partial charge is 0.0296 e. The topological polar surface area (TPSA) is 15.3 Å². The Bertz CT molecular complexity index is 349. The average Bonchev–Trinajstić information content (AvgIpc) is 2.74. The maximum absolute atomic E-state index is 3.61. The van der Waals surface area contributed by atoms with Crippen LogP contribution in [0.25, 0.3) is 0 Å². The number of rotatable bonds is 2. The van der Waals surface area contributed by atoms with Gasteiger partial charge in [0.2, 0.25) is 0 Å². The van der Waals surface area contributed by atoms with Crippen LogP contribution < -0.4 is 5.32 Å². The van der Waals surface area contributed by atoms with Crippen LogP contribution in [0.2, 0.25) is 0 Å². The highest BCUT2D eigenvalue weighted by atomic mass is 15.3. The van der Waals surface area contributed by atoms with Crippen molar-refractivity contribution in [2.75, 3.05) is 13.1 Å². The molecule has 2 heteroatoms. The molecule has 0 spiro atoms. The maximum atomic E-state index is 3.61. The summed E-state index contributed by atoms with van der Waals surface area (Å²) in [7, 11) is 0. The zero-order chi connectivity index (χ0) is 10.3. The molecule has 0 aliphatic carbocycles. The number of nitrogens with one attached hydrogen (secondary N) is 1. The summed E-state index contributed by atoms with van der Waals surface area (Å²) in [6, 6.07) is 11.6. The van der Waals surface area contributed by atoms with Gasteiger partial charge in [0.15, 0.2) is 0 Å². The summed E-state index contributed by atoms with van der Waals surface area (Å²) >= 11 is 0. The van der Waals surface area contributed by atoms with Gasteiger partial charge in [-0.2, -0.15) is 0 Å². The van der Waals surface area contributed by atoms with E-state index in [2.05, 4.69) is 47.5 Å². The van der Waals surface area contributed by atoms with Crippen LogP contribution in [-0.2, 0) is 6.54 Å². The van der Waals surface area contributed by atoms with Gasteiger partial charge in [-0.15, -0.1) is 0 Å². The van der Waals surface area contributed by atoms with E-state index in [1.165, 1.54) is 25.1 Å². The molecule has 0 unspecified atom stereocenters. The van der Waals surface area contributed by atoms with Crippen molar-refractivity contribution in [3.8, 4) is 0 Å². The Morgan fingerprint density at radius 1 is 1.40 bits per heavy atom. The standard InChI is InChI=1S/C13H18N2/c1-13-7-12(8-14-13)15(10-13)9-11-5-3-2-4-6-11/h2-6,12,14H,7-10H2,1H3/t12-,13-/m1/s1. The molecule has 0 saturated carbocycles. The molecule has 0 amide bonds. The molecule has 2 atom stereocenters. The molecule has 3 rings (SSSR count). The molecule has 2 heterocycles. The third-order valence-electron chi connectivity index (χ3n) is 3.75. The van der Waals surface area contributed by atoms with E-state index in [1.807, 2.05) is 0 Å². The first kappa shape index (κ1) is 9.37. The number of hydrogen-bond acceptors (Lipinski definition) is 2. The van der Waals surface area contributed by atoms with Gasteiger partial charge in [-0.3, -0.25) is 4.90 Å². The second kappa shape index (κ2) is 3.32. The number of piperazine rings is 1. The molecule has 1 N–H and O–H groups in total. The van der Waals surface area contributed by atoms with Crippen molar-refractivity contribution >= 4 is 0 Å². The van der Waals surface area contributed by atoms with Crippen molar-refractivity contribution in [3.05, 3.63) is 35.9 Å². The monoisotopic (exact) mass is 202 g/mol. The van der Waals surface area contributed by atoms with E-state index in [0.717, 1.165) is 12.6 Å². The summed E-state index contributed by atoms with van der Waals surface area (Å²) in [6.07, 6.45) is 1.32. The van der Waals surface area contributed by atoms with E-state index < -0.39 is 0 Å². The molecule has 0 aromatic heterocycles. The van der Waals surface area contributed by atoms with E-state index in [0.29, 0.717) is 5.54 Å². The predicted molar refractivity (Wildman–Crippen MR) is 61.7 cm³/mol. The quantitative estimate of drug-likeness (QED) is 0.784. The van der Waals surface area contributed by atoms with Gasteiger partial charge < -0.3 is 5.32 Å². The van der Waals surface area contributed by atoms with Crippen LogP contribution in [0, 0.1) is 0 Å². The Kier molecular flexibility index (Phi) is 2.08. The van der Waals surface area contributed by atoms with Gasteiger partial charge in [-0.1, -0.05) is 30.3 Å². The van der Waals surface area contributed by atoms with E-state index >= 15 is 0 Å². The number of likely N-dealkylation sites (tertiary alicyclic amines) is 1. The van der Waals surface area contributed by atoms with Crippen molar-refractivity contribution in [2.24, 2.45) is 0 Å². The molecular weight excluding hydrogens is 184 g/mol. The summed E-state index contributed by atoms with van der Waals surface area (Å²) in [4.78, 5) is 2.62. The van der Waals surface area contributed by atoms with Gasteiger partial charge in [0, 0.05) is 31.2 Å². The third kappa shape index (κ3) is 1.68. The lowest BCUT2D eigenvalue weighted by atomic mass is 10.0. The van der Waals surface area contributed by atoms with Crippen molar-refractivity contribution < 1.29 is 0 Å². The molecule has 1 aromatic carbocycles. The van der Waals surface area contributed by atoms with Crippen LogP contribution in [0.3, 0.4) is 0 Å². The zero-order valence-electron chi connectivity index (χ0n) is 9.24. The van der Waals surface area contributed by atoms with E-state index in [1.54, 1.807) is 0 Å². The zero-order valence-corrected chi connectivity index (χ0v) is 9.24. The van der Waals surface area contributed by atoms with Crippen LogP contribution in [0.15, 0.2) is 30.3 Å². The minimum absolute atomic E-state index is 0.388. The molecule has 2 saturated heterocycles. The molecule has 1 aromatic rings. The number of hydrogen-bond donors (Lipinski definition) is 1. The van der Waals surface area contributed by atoms with Gasteiger partial charge in [0.1, 0.15) is 0 Å². The maximum Gasteiger partial charge on any atom is 0.0296 e.